The third-order valence-corrected chi connectivity index (χ3v) is 4.93. The lowest BCUT2D eigenvalue weighted by atomic mass is 9.79. The Balaban J connectivity index is 1.93. The van der Waals surface area contributed by atoms with Gasteiger partial charge < -0.3 is 20.7 Å². The number of aromatic nitrogens is 2. The zero-order chi connectivity index (χ0) is 17.6. The molecular weight excluding hydrogens is 304 g/mol. The molecule has 1 aromatic carbocycles. The van der Waals surface area contributed by atoms with Crippen molar-refractivity contribution in [2.24, 2.45) is 5.41 Å². The summed E-state index contributed by atoms with van der Waals surface area (Å²) in [6, 6.07) is 7.36. The Morgan fingerprint density at radius 2 is 2.04 bits per heavy atom. The quantitative estimate of drug-likeness (QED) is 0.599. The Labute approximate surface area is 143 Å². The van der Waals surface area contributed by atoms with Crippen LogP contribution in [0.25, 0.3) is 11.0 Å². The zero-order valence-corrected chi connectivity index (χ0v) is 14.7. The molecule has 6 heteroatoms. The first-order valence-electron chi connectivity index (χ1n) is 8.63. The topological polar surface area (TPSA) is 90.0 Å². The molecule has 0 bridgehead atoms. The third kappa shape index (κ3) is 4.26. The summed E-state index contributed by atoms with van der Waals surface area (Å²) in [4.78, 5) is 19.9. The maximum atomic E-state index is 12.2. The molecule has 24 heavy (non-hydrogen) atoms. The Morgan fingerprint density at radius 3 is 2.67 bits per heavy atom. The van der Waals surface area contributed by atoms with Crippen molar-refractivity contribution in [3.63, 3.8) is 0 Å². The van der Waals surface area contributed by atoms with E-state index in [0.717, 1.165) is 29.7 Å². The highest BCUT2D eigenvalue weighted by molar-refractivity contribution is 5.76. The fourth-order valence-electron chi connectivity index (χ4n) is 2.94. The number of aliphatic hydroxyl groups excluding tert-OH is 1. The second kappa shape index (κ2) is 8.15. The zero-order valence-electron chi connectivity index (χ0n) is 14.7. The highest BCUT2D eigenvalue weighted by Gasteiger charge is 2.26. The molecule has 0 radical (unpaired) electrons. The minimum atomic E-state index is -0.216. The number of aromatic amines is 1. The smallest absolute Gasteiger partial charge is 0.315 e. The summed E-state index contributed by atoms with van der Waals surface area (Å²) in [5.74, 6) is 0.735. The van der Waals surface area contributed by atoms with E-state index < -0.39 is 0 Å². The van der Waals surface area contributed by atoms with Gasteiger partial charge in [0.15, 0.2) is 0 Å². The summed E-state index contributed by atoms with van der Waals surface area (Å²) < 4.78 is 0. The van der Waals surface area contributed by atoms with Gasteiger partial charge in [-0.2, -0.15) is 0 Å². The van der Waals surface area contributed by atoms with Crippen molar-refractivity contribution in [3.05, 3.63) is 30.1 Å². The lowest BCUT2D eigenvalue weighted by Gasteiger charge is -2.31. The number of nitrogens with one attached hydrogen (secondary N) is 3. The number of fused-ring (bicyclic) bond motifs is 1. The van der Waals surface area contributed by atoms with Crippen LogP contribution < -0.4 is 10.6 Å². The van der Waals surface area contributed by atoms with Gasteiger partial charge in [0.05, 0.1) is 17.1 Å². The van der Waals surface area contributed by atoms with Gasteiger partial charge in [-0.15, -0.1) is 0 Å². The molecule has 1 heterocycles. The summed E-state index contributed by atoms with van der Waals surface area (Å²) in [7, 11) is 0. The first-order valence-corrected chi connectivity index (χ1v) is 8.63. The second-order valence-electron chi connectivity index (χ2n) is 6.37. The van der Waals surface area contributed by atoms with Crippen LogP contribution in [-0.2, 0) is 0 Å². The predicted molar refractivity (Wildman–Crippen MR) is 95.8 cm³/mol. The summed E-state index contributed by atoms with van der Waals surface area (Å²) in [6.45, 7) is 6.78. The summed E-state index contributed by atoms with van der Waals surface area (Å²) >= 11 is 0. The standard InChI is InChI=1S/C18H28N4O2/c1-4-18(5-2,10-11-23)12-19-17(24)20-13(3)16-21-14-8-6-7-9-15(14)22-16/h6-9,13,23H,4-5,10-12H2,1-3H3,(H,21,22)(H2,19,20,24). The number of hydrogen-bond donors (Lipinski definition) is 4. The van der Waals surface area contributed by atoms with E-state index in [2.05, 4.69) is 34.4 Å². The van der Waals surface area contributed by atoms with Gasteiger partial charge in [0.25, 0.3) is 0 Å². The van der Waals surface area contributed by atoms with Gasteiger partial charge in [-0.05, 0) is 43.7 Å². The number of nitrogens with zero attached hydrogens (tertiary/aromatic N) is 1. The summed E-state index contributed by atoms with van der Waals surface area (Å²) in [5.41, 5.74) is 1.80. The van der Waals surface area contributed by atoms with Crippen LogP contribution in [0.3, 0.4) is 0 Å². The number of aliphatic hydroxyl groups is 1. The number of para-hydroxylation sites is 2. The summed E-state index contributed by atoms with van der Waals surface area (Å²) in [5, 5.41) is 15.1. The molecule has 0 aliphatic heterocycles. The SMILES string of the molecule is CCC(CC)(CCO)CNC(=O)NC(C)c1nc2ccccc2[nH]1. The second-order valence-corrected chi connectivity index (χ2v) is 6.37. The first-order chi connectivity index (χ1) is 11.5. The van der Waals surface area contributed by atoms with Gasteiger partial charge >= 0.3 is 6.03 Å². The Kier molecular flexibility index (Phi) is 6.20. The maximum Gasteiger partial charge on any atom is 0.315 e. The van der Waals surface area contributed by atoms with E-state index in [9.17, 15) is 9.90 Å². The van der Waals surface area contributed by atoms with Gasteiger partial charge in [-0.3, -0.25) is 0 Å². The molecule has 2 rings (SSSR count). The predicted octanol–water partition coefficient (Wildman–Crippen LogP) is 3.11. The molecule has 1 unspecified atom stereocenters. The van der Waals surface area contributed by atoms with Crippen LogP contribution in [0, 0.1) is 5.41 Å². The molecular formula is C18H28N4O2. The van der Waals surface area contributed by atoms with Crippen molar-refractivity contribution in [3.8, 4) is 0 Å². The molecule has 0 fully saturated rings. The molecule has 0 aliphatic carbocycles. The lowest BCUT2D eigenvalue weighted by Crippen LogP contribution is -2.43. The van der Waals surface area contributed by atoms with Crippen LogP contribution in [0.2, 0.25) is 0 Å². The lowest BCUT2D eigenvalue weighted by molar-refractivity contribution is 0.163. The molecule has 4 N–H and O–H groups in total. The van der Waals surface area contributed by atoms with Crippen molar-refractivity contribution in [1.82, 2.24) is 20.6 Å². The van der Waals surface area contributed by atoms with E-state index in [1.807, 2.05) is 31.2 Å². The van der Waals surface area contributed by atoms with E-state index in [1.54, 1.807) is 0 Å². The number of amides is 2. The van der Waals surface area contributed by atoms with E-state index >= 15 is 0 Å². The number of hydrogen-bond acceptors (Lipinski definition) is 3. The van der Waals surface area contributed by atoms with Crippen LogP contribution in [0.15, 0.2) is 24.3 Å². The molecule has 1 atom stereocenters. The minimum Gasteiger partial charge on any atom is -0.396 e. The van der Waals surface area contributed by atoms with Crippen molar-refractivity contribution < 1.29 is 9.90 Å². The fourth-order valence-corrected chi connectivity index (χ4v) is 2.94. The molecule has 2 amide bonds. The van der Waals surface area contributed by atoms with Crippen LogP contribution >= 0.6 is 0 Å². The first kappa shape index (κ1) is 18.3. The molecule has 0 saturated heterocycles. The highest BCUT2D eigenvalue weighted by atomic mass is 16.3. The fraction of sp³-hybridized carbons (Fsp3) is 0.556. The number of rotatable bonds is 8. The maximum absolute atomic E-state index is 12.2. The average molecular weight is 332 g/mol. The Bertz CT molecular complexity index is 631. The Hall–Kier alpha value is -2.08. The minimum absolute atomic E-state index is 0.0469. The Morgan fingerprint density at radius 1 is 1.33 bits per heavy atom. The number of benzene rings is 1. The molecule has 2 aromatic rings. The van der Waals surface area contributed by atoms with Gasteiger partial charge in [-0.25, -0.2) is 9.78 Å². The molecule has 1 aromatic heterocycles. The number of carbonyl (C=O) groups is 1. The monoisotopic (exact) mass is 332 g/mol. The molecule has 0 saturated carbocycles. The van der Waals surface area contributed by atoms with E-state index in [1.165, 1.54) is 0 Å². The number of urea groups is 1. The molecule has 0 spiro atoms. The number of carbonyl (C=O) groups excluding carboxylic acids is 1. The normalized spacial score (nSPS) is 13.0. The van der Waals surface area contributed by atoms with Crippen LogP contribution in [0.1, 0.15) is 51.9 Å². The van der Waals surface area contributed by atoms with Crippen molar-refractivity contribution in [2.45, 2.75) is 46.1 Å². The van der Waals surface area contributed by atoms with Crippen molar-refractivity contribution in [1.29, 1.82) is 0 Å². The van der Waals surface area contributed by atoms with Gasteiger partial charge in [-0.1, -0.05) is 26.0 Å². The molecule has 6 nitrogen and oxygen atoms in total. The summed E-state index contributed by atoms with van der Waals surface area (Å²) in [6.07, 6.45) is 2.53. The van der Waals surface area contributed by atoms with E-state index in [0.29, 0.717) is 13.0 Å². The molecule has 132 valence electrons. The van der Waals surface area contributed by atoms with Gasteiger partial charge in [0, 0.05) is 13.2 Å². The van der Waals surface area contributed by atoms with Crippen LogP contribution in [-0.4, -0.2) is 34.3 Å². The number of H-pyrrole nitrogens is 1. The molecule has 0 aliphatic rings. The largest absolute Gasteiger partial charge is 0.396 e. The third-order valence-electron chi connectivity index (χ3n) is 4.93. The van der Waals surface area contributed by atoms with E-state index in [-0.39, 0.29) is 24.1 Å². The van der Waals surface area contributed by atoms with Gasteiger partial charge in [0.2, 0.25) is 0 Å². The average Bonchev–Trinajstić information content (AvgIpc) is 3.03. The van der Waals surface area contributed by atoms with Crippen LogP contribution in [0.4, 0.5) is 4.79 Å². The van der Waals surface area contributed by atoms with Gasteiger partial charge in [0.1, 0.15) is 5.82 Å². The van der Waals surface area contributed by atoms with E-state index in [4.69, 9.17) is 0 Å². The van der Waals surface area contributed by atoms with Crippen LogP contribution in [0.5, 0.6) is 0 Å². The van der Waals surface area contributed by atoms with Crippen molar-refractivity contribution >= 4 is 17.1 Å². The number of imidazole rings is 1. The highest BCUT2D eigenvalue weighted by Crippen LogP contribution is 2.29. The van der Waals surface area contributed by atoms with Crippen molar-refractivity contribution in [2.75, 3.05) is 13.2 Å².